The predicted molar refractivity (Wildman–Crippen MR) is 73.6 cm³/mol. The van der Waals surface area contributed by atoms with Crippen LogP contribution < -0.4 is 15.8 Å². The average Bonchev–Trinajstić information content (AvgIpc) is 2.30. The number of halogens is 1. The zero-order valence-corrected chi connectivity index (χ0v) is 11.8. The lowest BCUT2D eigenvalue weighted by Gasteiger charge is -2.26. The van der Waals surface area contributed by atoms with E-state index in [1.807, 2.05) is 20.8 Å². The van der Waals surface area contributed by atoms with Crippen LogP contribution in [0, 0.1) is 11.2 Å². The fourth-order valence-corrected chi connectivity index (χ4v) is 1.48. The molecule has 0 aliphatic rings. The van der Waals surface area contributed by atoms with E-state index >= 15 is 0 Å². The van der Waals surface area contributed by atoms with Gasteiger partial charge in [0.1, 0.15) is 11.6 Å². The molecule has 0 aromatic heterocycles. The Morgan fingerprint density at radius 2 is 2.11 bits per heavy atom. The third kappa shape index (κ3) is 4.21. The van der Waals surface area contributed by atoms with Gasteiger partial charge in [-0.25, -0.2) is 4.39 Å². The van der Waals surface area contributed by atoms with Crippen molar-refractivity contribution < 1.29 is 13.9 Å². The molecule has 0 heterocycles. The van der Waals surface area contributed by atoms with Crippen LogP contribution in [0.2, 0.25) is 0 Å². The van der Waals surface area contributed by atoms with Gasteiger partial charge in [0.15, 0.2) is 0 Å². The maximum atomic E-state index is 13.1. The van der Waals surface area contributed by atoms with E-state index in [9.17, 15) is 9.18 Å². The molecular formula is C14H21FN2O2. The Hall–Kier alpha value is -1.62. The van der Waals surface area contributed by atoms with E-state index < -0.39 is 11.9 Å². The summed E-state index contributed by atoms with van der Waals surface area (Å²) in [5.74, 6) is -0.432. The molecule has 0 saturated heterocycles. The van der Waals surface area contributed by atoms with Gasteiger partial charge in [0.2, 0.25) is 5.91 Å². The van der Waals surface area contributed by atoms with Crippen molar-refractivity contribution in [1.82, 2.24) is 0 Å². The number of hydrogen-bond acceptors (Lipinski definition) is 3. The van der Waals surface area contributed by atoms with E-state index in [4.69, 9.17) is 10.5 Å². The second-order valence-corrected chi connectivity index (χ2v) is 5.41. The van der Waals surface area contributed by atoms with Crippen molar-refractivity contribution in [2.75, 3.05) is 11.9 Å². The number of benzene rings is 1. The average molecular weight is 268 g/mol. The van der Waals surface area contributed by atoms with Crippen molar-refractivity contribution in [2.45, 2.75) is 33.7 Å². The van der Waals surface area contributed by atoms with Gasteiger partial charge in [-0.15, -0.1) is 0 Å². The van der Waals surface area contributed by atoms with Gasteiger partial charge in [0.05, 0.1) is 18.3 Å². The molecule has 0 saturated carbocycles. The number of anilines is 1. The quantitative estimate of drug-likeness (QED) is 0.882. The molecule has 0 aliphatic heterocycles. The second-order valence-electron chi connectivity index (χ2n) is 5.41. The summed E-state index contributed by atoms with van der Waals surface area (Å²) in [7, 11) is 0. The molecule has 5 heteroatoms. The molecule has 1 aromatic carbocycles. The molecular weight excluding hydrogens is 247 g/mol. The summed E-state index contributed by atoms with van der Waals surface area (Å²) in [4.78, 5) is 12.0. The van der Waals surface area contributed by atoms with Crippen LogP contribution >= 0.6 is 0 Å². The summed E-state index contributed by atoms with van der Waals surface area (Å²) >= 11 is 0. The van der Waals surface area contributed by atoms with Crippen molar-refractivity contribution in [2.24, 2.45) is 11.1 Å². The van der Waals surface area contributed by atoms with Gasteiger partial charge in [-0.1, -0.05) is 20.8 Å². The van der Waals surface area contributed by atoms with E-state index in [-0.39, 0.29) is 11.3 Å². The molecule has 1 rings (SSSR count). The Kier molecular flexibility index (Phi) is 4.89. The lowest BCUT2D eigenvalue weighted by atomic mass is 9.87. The molecule has 0 radical (unpaired) electrons. The molecule has 0 unspecified atom stereocenters. The van der Waals surface area contributed by atoms with Gasteiger partial charge in [-0.2, -0.15) is 0 Å². The van der Waals surface area contributed by atoms with Crippen molar-refractivity contribution in [3.05, 3.63) is 24.0 Å². The summed E-state index contributed by atoms with van der Waals surface area (Å²) < 4.78 is 18.4. The van der Waals surface area contributed by atoms with Gasteiger partial charge >= 0.3 is 0 Å². The minimum atomic E-state index is -0.660. The van der Waals surface area contributed by atoms with Crippen LogP contribution in [-0.2, 0) is 4.79 Å². The Labute approximate surface area is 113 Å². The first-order valence-corrected chi connectivity index (χ1v) is 6.24. The molecule has 1 atom stereocenters. The van der Waals surface area contributed by atoms with E-state index in [1.54, 1.807) is 6.92 Å². The highest BCUT2D eigenvalue weighted by Crippen LogP contribution is 2.26. The van der Waals surface area contributed by atoms with E-state index in [0.29, 0.717) is 18.0 Å². The zero-order valence-electron chi connectivity index (χ0n) is 11.8. The Bertz CT molecular complexity index is 455. The highest BCUT2D eigenvalue weighted by molar-refractivity contribution is 5.96. The van der Waals surface area contributed by atoms with Crippen LogP contribution in [0.1, 0.15) is 27.7 Å². The molecule has 0 aliphatic carbocycles. The predicted octanol–water partition coefficient (Wildman–Crippen LogP) is 2.54. The maximum Gasteiger partial charge on any atom is 0.241 e. The Morgan fingerprint density at radius 1 is 1.47 bits per heavy atom. The Morgan fingerprint density at radius 3 is 2.63 bits per heavy atom. The highest BCUT2D eigenvalue weighted by atomic mass is 19.1. The zero-order chi connectivity index (χ0) is 14.6. The first-order valence-electron chi connectivity index (χ1n) is 6.24. The van der Waals surface area contributed by atoms with Crippen molar-refractivity contribution >= 4 is 11.6 Å². The number of hydrogen-bond donors (Lipinski definition) is 2. The molecule has 0 bridgehead atoms. The van der Waals surface area contributed by atoms with Gasteiger partial charge in [0, 0.05) is 6.07 Å². The van der Waals surface area contributed by atoms with Gasteiger partial charge in [-0.3, -0.25) is 4.79 Å². The van der Waals surface area contributed by atoms with Crippen molar-refractivity contribution in [3.63, 3.8) is 0 Å². The number of amides is 1. The number of rotatable bonds is 4. The van der Waals surface area contributed by atoms with E-state index in [0.717, 1.165) is 0 Å². The minimum Gasteiger partial charge on any atom is -0.492 e. The van der Waals surface area contributed by atoms with Crippen LogP contribution in [0.5, 0.6) is 5.75 Å². The summed E-state index contributed by atoms with van der Waals surface area (Å²) in [5, 5.41) is 2.67. The smallest absolute Gasteiger partial charge is 0.241 e. The summed E-state index contributed by atoms with van der Waals surface area (Å²) in [5.41, 5.74) is 5.94. The fourth-order valence-electron chi connectivity index (χ4n) is 1.48. The third-order valence-corrected chi connectivity index (χ3v) is 2.72. The number of nitrogens with two attached hydrogens (primary N) is 1. The van der Waals surface area contributed by atoms with Gasteiger partial charge < -0.3 is 15.8 Å². The molecule has 19 heavy (non-hydrogen) atoms. The molecule has 0 fully saturated rings. The van der Waals surface area contributed by atoms with Gasteiger partial charge in [0.25, 0.3) is 0 Å². The lowest BCUT2D eigenvalue weighted by molar-refractivity contribution is -0.119. The number of ether oxygens (including phenoxy) is 1. The molecule has 4 nitrogen and oxygen atoms in total. The SMILES string of the molecule is CCOc1cc(F)ccc1NC(=O)[C@@H](N)C(C)(C)C. The van der Waals surface area contributed by atoms with Crippen molar-refractivity contribution in [3.8, 4) is 5.75 Å². The molecule has 3 N–H and O–H groups in total. The van der Waals surface area contributed by atoms with Crippen LogP contribution in [0.25, 0.3) is 0 Å². The highest BCUT2D eigenvalue weighted by Gasteiger charge is 2.28. The largest absolute Gasteiger partial charge is 0.492 e. The second kappa shape index (κ2) is 6.02. The number of nitrogens with one attached hydrogen (secondary N) is 1. The summed E-state index contributed by atoms with van der Waals surface area (Å²) in [6.07, 6.45) is 0. The fraction of sp³-hybridized carbons (Fsp3) is 0.500. The Balaban J connectivity index is 2.90. The monoisotopic (exact) mass is 268 g/mol. The third-order valence-electron chi connectivity index (χ3n) is 2.72. The lowest BCUT2D eigenvalue weighted by Crippen LogP contribution is -2.45. The van der Waals surface area contributed by atoms with Gasteiger partial charge in [-0.05, 0) is 24.5 Å². The van der Waals surface area contributed by atoms with Crippen molar-refractivity contribution in [1.29, 1.82) is 0 Å². The maximum absolute atomic E-state index is 13.1. The first-order chi connectivity index (χ1) is 8.75. The van der Waals surface area contributed by atoms with Crippen LogP contribution in [0.15, 0.2) is 18.2 Å². The first kappa shape index (κ1) is 15.4. The number of carbonyl (C=O) groups excluding carboxylic acids is 1. The van der Waals surface area contributed by atoms with Crippen LogP contribution in [-0.4, -0.2) is 18.6 Å². The number of carbonyl (C=O) groups is 1. The van der Waals surface area contributed by atoms with E-state index in [2.05, 4.69) is 5.32 Å². The molecule has 0 spiro atoms. The summed E-state index contributed by atoms with van der Waals surface area (Å²) in [6, 6.07) is 3.31. The van der Waals surface area contributed by atoms with Crippen LogP contribution in [0.4, 0.5) is 10.1 Å². The topological polar surface area (TPSA) is 64.3 Å². The molecule has 106 valence electrons. The molecule has 1 amide bonds. The summed E-state index contributed by atoms with van der Waals surface area (Å²) in [6.45, 7) is 7.82. The normalized spacial score (nSPS) is 12.9. The van der Waals surface area contributed by atoms with E-state index in [1.165, 1.54) is 18.2 Å². The standard InChI is InChI=1S/C14H21FN2O2/c1-5-19-11-8-9(15)6-7-10(11)17-13(18)12(16)14(2,3)4/h6-8,12H,5,16H2,1-4H3,(H,17,18)/t12-/m1/s1. The molecule has 1 aromatic rings. The minimum absolute atomic E-state index is 0.303. The van der Waals surface area contributed by atoms with Crippen LogP contribution in [0.3, 0.4) is 0 Å².